The van der Waals surface area contributed by atoms with Crippen molar-refractivity contribution in [3.8, 4) is 0 Å². The Morgan fingerprint density at radius 3 is 2.19 bits per heavy atom. The number of carbonyl (C=O) groups is 3. The number of aromatic nitrogens is 2. The molecule has 0 saturated carbocycles. The van der Waals surface area contributed by atoms with Gasteiger partial charge < -0.3 is 9.62 Å². The molecule has 4 rings (SSSR count). The number of hydrogen-bond acceptors (Lipinski definition) is 5. The van der Waals surface area contributed by atoms with Crippen molar-refractivity contribution >= 4 is 17.8 Å². The highest BCUT2D eigenvalue weighted by Gasteiger charge is 2.52. The number of imidazole rings is 1. The molecule has 32 heavy (non-hydrogen) atoms. The van der Waals surface area contributed by atoms with Crippen molar-refractivity contribution in [3.63, 3.8) is 0 Å². The SMILES string of the molecule is Cc1c(C)[n+]([O-])c([C@@H](c2ccco2)C2C(=O)N(C)C(=O)N(C)C2=O)n1Cc1ccccc1. The van der Waals surface area contributed by atoms with Crippen LogP contribution in [0, 0.1) is 25.0 Å². The van der Waals surface area contributed by atoms with Crippen LogP contribution in [0.3, 0.4) is 0 Å². The maximum absolute atomic E-state index is 13.4. The summed E-state index contributed by atoms with van der Waals surface area (Å²) in [4.78, 5) is 40.4. The number of amides is 4. The Hall–Kier alpha value is -3.88. The fraction of sp³-hybridized carbons (Fsp3) is 0.304. The highest BCUT2D eigenvalue weighted by atomic mass is 16.5. The second-order valence-electron chi connectivity index (χ2n) is 7.94. The molecular weight excluding hydrogens is 412 g/mol. The monoisotopic (exact) mass is 436 g/mol. The van der Waals surface area contributed by atoms with E-state index in [0.717, 1.165) is 20.1 Å². The van der Waals surface area contributed by atoms with Crippen LogP contribution in [-0.2, 0) is 16.1 Å². The maximum Gasteiger partial charge on any atom is 0.332 e. The molecule has 1 saturated heterocycles. The lowest BCUT2D eigenvalue weighted by atomic mass is 9.85. The van der Waals surface area contributed by atoms with E-state index < -0.39 is 29.7 Å². The van der Waals surface area contributed by atoms with Gasteiger partial charge in [-0.25, -0.2) is 14.1 Å². The molecule has 9 nitrogen and oxygen atoms in total. The van der Waals surface area contributed by atoms with E-state index in [0.29, 0.717) is 23.7 Å². The Bertz CT molecular complexity index is 1160. The summed E-state index contributed by atoms with van der Waals surface area (Å²) in [5, 5.41) is 13.4. The molecule has 1 fully saturated rings. The van der Waals surface area contributed by atoms with Gasteiger partial charge in [0.25, 0.3) is 5.82 Å². The first kappa shape index (κ1) is 21.4. The van der Waals surface area contributed by atoms with Crippen LogP contribution in [0.25, 0.3) is 0 Å². The highest BCUT2D eigenvalue weighted by Crippen LogP contribution is 2.36. The number of furan rings is 1. The van der Waals surface area contributed by atoms with Gasteiger partial charge in [-0.05, 0) is 17.7 Å². The minimum atomic E-state index is -1.32. The molecule has 1 aromatic carbocycles. The molecule has 9 heteroatoms. The molecule has 4 amide bonds. The van der Waals surface area contributed by atoms with Crippen LogP contribution in [0.4, 0.5) is 4.79 Å². The third kappa shape index (κ3) is 3.26. The number of benzene rings is 1. The van der Waals surface area contributed by atoms with Crippen molar-refractivity contribution < 1.29 is 23.5 Å². The molecule has 3 heterocycles. The normalized spacial score (nSPS) is 16.2. The predicted molar refractivity (Wildman–Crippen MR) is 113 cm³/mol. The number of rotatable bonds is 5. The number of urea groups is 1. The zero-order valence-corrected chi connectivity index (χ0v) is 18.3. The van der Waals surface area contributed by atoms with E-state index in [2.05, 4.69) is 0 Å². The fourth-order valence-electron chi connectivity index (χ4n) is 4.19. The van der Waals surface area contributed by atoms with Gasteiger partial charge in [0.05, 0.1) is 6.26 Å². The van der Waals surface area contributed by atoms with Crippen molar-refractivity contribution in [2.24, 2.45) is 5.92 Å². The standard InChI is InChI=1S/C23H24N4O5/c1-14-15(2)27(31)20(26(14)13-16-9-6-5-7-10-16)18(17-11-8-12-32-17)19-21(28)24(3)23(30)25(4)22(19)29/h5-12,18-19H,13H2,1-4H3/t18-/m0/s1. The topological polar surface area (TPSA) is 103 Å². The molecule has 166 valence electrons. The minimum Gasteiger partial charge on any atom is -0.711 e. The van der Waals surface area contributed by atoms with Crippen molar-refractivity contribution in [3.05, 3.63) is 82.5 Å². The lowest BCUT2D eigenvalue weighted by molar-refractivity contribution is -0.621. The second-order valence-corrected chi connectivity index (χ2v) is 7.94. The van der Waals surface area contributed by atoms with Crippen LogP contribution < -0.4 is 4.73 Å². The summed E-state index contributed by atoms with van der Waals surface area (Å²) in [7, 11) is 2.65. The molecule has 1 atom stereocenters. The zero-order valence-electron chi connectivity index (χ0n) is 18.3. The second kappa shape index (κ2) is 7.99. The van der Waals surface area contributed by atoms with Gasteiger partial charge in [0.1, 0.15) is 35.5 Å². The van der Waals surface area contributed by atoms with Gasteiger partial charge in [-0.15, -0.1) is 0 Å². The molecule has 0 N–H and O–H groups in total. The van der Waals surface area contributed by atoms with Crippen LogP contribution in [-0.4, -0.2) is 46.3 Å². The summed E-state index contributed by atoms with van der Waals surface area (Å²) >= 11 is 0. The lowest BCUT2D eigenvalue weighted by Gasteiger charge is -2.35. The van der Waals surface area contributed by atoms with Gasteiger partial charge >= 0.3 is 6.03 Å². The Morgan fingerprint density at radius 1 is 1.00 bits per heavy atom. The van der Waals surface area contributed by atoms with Gasteiger partial charge in [-0.3, -0.25) is 19.4 Å². The van der Waals surface area contributed by atoms with Crippen molar-refractivity contribution in [1.82, 2.24) is 14.4 Å². The third-order valence-corrected chi connectivity index (χ3v) is 6.13. The molecule has 0 spiro atoms. The summed E-state index contributed by atoms with van der Waals surface area (Å²) < 4.78 is 8.17. The van der Waals surface area contributed by atoms with Crippen LogP contribution >= 0.6 is 0 Å². The summed E-state index contributed by atoms with van der Waals surface area (Å²) in [5.74, 6) is -3.19. The molecule has 3 aromatic rings. The first-order chi connectivity index (χ1) is 15.2. The van der Waals surface area contributed by atoms with E-state index >= 15 is 0 Å². The van der Waals surface area contributed by atoms with Crippen LogP contribution in [0.5, 0.6) is 0 Å². The largest absolute Gasteiger partial charge is 0.711 e. The van der Waals surface area contributed by atoms with Crippen LogP contribution in [0.1, 0.15) is 34.5 Å². The first-order valence-electron chi connectivity index (χ1n) is 10.2. The quantitative estimate of drug-likeness (QED) is 0.347. The first-order valence-corrected chi connectivity index (χ1v) is 10.2. The molecule has 0 aliphatic carbocycles. The molecule has 1 aliphatic heterocycles. The van der Waals surface area contributed by atoms with Crippen LogP contribution in [0.15, 0.2) is 53.1 Å². The fourth-order valence-corrected chi connectivity index (χ4v) is 4.19. The minimum absolute atomic E-state index is 0.210. The summed E-state index contributed by atoms with van der Waals surface area (Å²) in [5.41, 5.74) is 2.13. The molecule has 0 radical (unpaired) electrons. The van der Waals surface area contributed by atoms with Gasteiger partial charge in [0.15, 0.2) is 0 Å². The predicted octanol–water partition coefficient (Wildman–Crippen LogP) is 2.18. The molecule has 2 aromatic heterocycles. The molecule has 1 aliphatic rings. The van der Waals surface area contributed by atoms with Gasteiger partial charge in [0, 0.05) is 27.9 Å². The average Bonchev–Trinajstić information content (AvgIpc) is 3.39. The van der Waals surface area contributed by atoms with E-state index in [1.165, 1.54) is 20.4 Å². The summed E-state index contributed by atoms with van der Waals surface area (Å²) in [6.07, 6.45) is 1.43. The summed E-state index contributed by atoms with van der Waals surface area (Å²) in [6, 6.07) is 12.1. The lowest BCUT2D eigenvalue weighted by Crippen LogP contribution is -2.59. The number of imide groups is 2. The maximum atomic E-state index is 13.4. The Kier molecular flexibility index (Phi) is 5.33. The van der Waals surface area contributed by atoms with E-state index in [9.17, 15) is 19.6 Å². The number of nitrogens with zero attached hydrogens (tertiary/aromatic N) is 4. The van der Waals surface area contributed by atoms with E-state index in [4.69, 9.17) is 4.42 Å². The van der Waals surface area contributed by atoms with Crippen molar-refractivity contribution in [2.45, 2.75) is 26.3 Å². The van der Waals surface area contributed by atoms with E-state index in [1.807, 2.05) is 41.8 Å². The molecule has 0 bridgehead atoms. The van der Waals surface area contributed by atoms with Crippen molar-refractivity contribution in [2.75, 3.05) is 14.1 Å². The number of barbiturate groups is 1. The number of hydrogen-bond donors (Lipinski definition) is 0. The van der Waals surface area contributed by atoms with Crippen molar-refractivity contribution in [1.29, 1.82) is 0 Å². The molecular formula is C23H24N4O5. The highest BCUT2D eigenvalue weighted by molar-refractivity contribution is 6.16. The number of carbonyl (C=O) groups excluding carboxylic acids is 3. The Labute approximate surface area is 185 Å². The molecule has 0 unspecified atom stereocenters. The van der Waals surface area contributed by atoms with Crippen LogP contribution in [0.2, 0.25) is 0 Å². The van der Waals surface area contributed by atoms with Gasteiger partial charge in [0.2, 0.25) is 11.8 Å². The Balaban J connectivity index is 1.93. The van der Waals surface area contributed by atoms with Gasteiger partial charge in [-0.1, -0.05) is 30.3 Å². The third-order valence-electron chi connectivity index (χ3n) is 6.13. The zero-order chi connectivity index (χ0) is 23.2. The summed E-state index contributed by atoms with van der Waals surface area (Å²) in [6.45, 7) is 3.88. The average molecular weight is 436 g/mol. The van der Waals surface area contributed by atoms with Gasteiger partial charge in [-0.2, -0.15) is 0 Å². The smallest absolute Gasteiger partial charge is 0.332 e. The Morgan fingerprint density at radius 2 is 1.62 bits per heavy atom. The van der Waals surface area contributed by atoms with E-state index in [-0.39, 0.29) is 5.82 Å². The van der Waals surface area contributed by atoms with E-state index in [1.54, 1.807) is 19.1 Å².